The Balaban J connectivity index is 2.11. The second-order valence-corrected chi connectivity index (χ2v) is 3.82. The first-order valence-corrected chi connectivity index (χ1v) is 5.37. The summed E-state index contributed by atoms with van der Waals surface area (Å²) in [6, 6.07) is 3.69. The minimum atomic E-state index is 0.485. The van der Waals surface area contributed by atoms with Gasteiger partial charge in [0.1, 0.15) is 5.15 Å². The summed E-state index contributed by atoms with van der Waals surface area (Å²) in [6.45, 7) is 0.682. The molecule has 0 saturated heterocycles. The van der Waals surface area contributed by atoms with Crippen molar-refractivity contribution in [1.82, 2.24) is 14.8 Å². The minimum absolute atomic E-state index is 0.485. The molecule has 2 heterocycles. The van der Waals surface area contributed by atoms with Crippen LogP contribution in [0.15, 0.2) is 30.7 Å². The highest BCUT2D eigenvalue weighted by Gasteiger charge is 1.99. The van der Waals surface area contributed by atoms with Crippen molar-refractivity contribution in [2.45, 2.75) is 12.4 Å². The summed E-state index contributed by atoms with van der Waals surface area (Å²) in [6.07, 6.45) is 5.42. The summed E-state index contributed by atoms with van der Waals surface area (Å²) in [5.74, 6) is 0.485. The van der Waals surface area contributed by atoms with Crippen LogP contribution in [0, 0.1) is 0 Å². The highest BCUT2D eigenvalue weighted by atomic mass is 35.5. The van der Waals surface area contributed by atoms with Gasteiger partial charge in [-0.25, -0.2) is 4.98 Å². The fourth-order valence-corrected chi connectivity index (χ4v) is 1.50. The van der Waals surface area contributed by atoms with Crippen molar-refractivity contribution in [2.24, 2.45) is 0 Å². The Morgan fingerprint density at radius 2 is 2.07 bits per heavy atom. The molecule has 2 aromatic rings. The summed E-state index contributed by atoms with van der Waals surface area (Å²) < 4.78 is 1.82. The molecule has 0 aliphatic carbocycles. The van der Waals surface area contributed by atoms with Crippen LogP contribution in [0.5, 0.6) is 0 Å². The van der Waals surface area contributed by atoms with Crippen molar-refractivity contribution in [3.63, 3.8) is 0 Å². The lowest BCUT2D eigenvalue weighted by Gasteiger charge is -2.00. The van der Waals surface area contributed by atoms with Crippen LogP contribution >= 0.6 is 23.2 Å². The van der Waals surface area contributed by atoms with Gasteiger partial charge in [-0.3, -0.25) is 4.68 Å². The quantitative estimate of drug-likeness (QED) is 0.612. The zero-order valence-corrected chi connectivity index (χ0v) is 9.41. The Morgan fingerprint density at radius 3 is 2.67 bits per heavy atom. The highest BCUT2D eigenvalue weighted by molar-refractivity contribution is 6.29. The molecule has 78 valence electrons. The monoisotopic (exact) mass is 241 g/mol. The Bertz CT molecular complexity index is 436. The number of rotatable bonds is 3. The lowest BCUT2D eigenvalue weighted by molar-refractivity contribution is 0.684. The fraction of sp³-hybridized carbons (Fsp3) is 0.200. The van der Waals surface area contributed by atoms with Gasteiger partial charge in [0.25, 0.3) is 0 Å². The van der Waals surface area contributed by atoms with E-state index in [0.29, 0.717) is 17.6 Å². The number of hydrogen-bond donors (Lipinski definition) is 0. The molecule has 0 atom stereocenters. The first-order chi connectivity index (χ1) is 7.28. The van der Waals surface area contributed by atoms with Crippen molar-refractivity contribution in [3.8, 4) is 0 Å². The van der Waals surface area contributed by atoms with E-state index in [9.17, 15) is 0 Å². The fourth-order valence-electron chi connectivity index (χ4n) is 1.25. The van der Waals surface area contributed by atoms with Crippen molar-refractivity contribution < 1.29 is 0 Å². The number of hydrogen-bond acceptors (Lipinski definition) is 2. The average molecular weight is 242 g/mol. The van der Waals surface area contributed by atoms with Gasteiger partial charge in [0.2, 0.25) is 0 Å². The van der Waals surface area contributed by atoms with Gasteiger partial charge in [0.05, 0.1) is 18.6 Å². The lowest BCUT2D eigenvalue weighted by Crippen LogP contribution is -2.00. The predicted molar refractivity (Wildman–Crippen MR) is 60.1 cm³/mol. The first kappa shape index (κ1) is 10.5. The lowest BCUT2D eigenvalue weighted by atomic mass is 10.3. The topological polar surface area (TPSA) is 30.7 Å². The van der Waals surface area contributed by atoms with Gasteiger partial charge in [-0.15, -0.1) is 11.6 Å². The third kappa shape index (κ3) is 2.70. The zero-order valence-electron chi connectivity index (χ0n) is 7.90. The van der Waals surface area contributed by atoms with E-state index in [1.807, 2.05) is 16.9 Å². The molecule has 0 N–H and O–H groups in total. The Morgan fingerprint density at radius 1 is 1.20 bits per heavy atom. The molecule has 0 aliphatic rings. The Hall–Kier alpha value is -1.06. The number of halogens is 2. The maximum absolute atomic E-state index is 5.69. The molecule has 2 rings (SSSR count). The van der Waals surface area contributed by atoms with Gasteiger partial charge in [0.15, 0.2) is 0 Å². The third-order valence-corrected chi connectivity index (χ3v) is 2.51. The predicted octanol–water partition coefficient (Wildman–Crippen LogP) is 2.72. The van der Waals surface area contributed by atoms with Crippen LogP contribution in [0.2, 0.25) is 5.15 Å². The highest BCUT2D eigenvalue weighted by Crippen LogP contribution is 2.08. The van der Waals surface area contributed by atoms with Crippen LogP contribution in [0.25, 0.3) is 0 Å². The van der Waals surface area contributed by atoms with E-state index in [4.69, 9.17) is 23.2 Å². The minimum Gasteiger partial charge on any atom is -0.268 e. The van der Waals surface area contributed by atoms with Crippen LogP contribution in [0.4, 0.5) is 0 Å². The van der Waals surface area contributed by atoms with Gasteiger partial charge in [-0.05, 0) is 11.6 Å². The first-order valence-electron chi connectivity index (χ1n) is 4.45. The largest absolute Gasteiger partial charge is 0.268 e. The number of pyridine rings is 1. The SMILES string of the molecule is ClCc1cnn(Cc2ccc(Cl)nc2)c1. The molecular weight excluding hydrogens is 233 g/mol. The molecule has 0 unspecified atom stereocenters. The molecule has 0 fully saturated rings. The van der Waals surface area contributed by atoms with Gasteiger partial charge >= 0.3 is 0 Å². The molecule has 5 heteroatoms. The maximum Gasteiger partial charge on any atom is 0.129 e. The molecule has 0 saturated carbocycles. The number of nitrogens with zero attached hydrogens (tertiary/aromatic N) is 3. The number of alkyl halides is 1. The average Bonchev–Trinajstić information content (AvgIpc) is 2.69. The normalized spacial score (nSPS) is 10.5. The standard InChI is InChI=1S/C10H9Cl2N3/c11-3-9-5-14-15(7-9)6-8-1-2-10(12)13-4-8/h1-2,4-5,7H,3,6H2. The molecule has 0 aliphatic heterocycles. The smallest absolute Gasteiger partial charge is 0.129 e. The molecule has 3 nitrogen and oxygen atoms in total. The summed E-state index contributed by atoms with van der Waals surface area (Å²) in [7, 11) is 0. The van der Waals surface area contributed by atoms with E-state index >= 15 is 0 Å². The second-order valence-electron chi connectivity index (χ2n) is 3.17. The summed E-state index contributed by atoms with van der Waals surface area (Å²) in [5, 5.41) is 4.68. The van der Waals surface area contributed by atoms with Gasteiger partial charge < -0.3 is 0 Å². The van der Waals surface area contributed by atoms with E-state index in [0.717, 1.165) is 11.1 Å². The van der Waals surface area contributed by atoms with Crippen LogP contribution in [0.1, 0.15) is 11.1 Å². The maximum atomic E-state index is 5.69. The van der Waals surface area contributed by atoms with Crippen LogP contribution in [-0.4, -0.2) is 14.8 Å². The van der Waals surface area contributed by atoms with Crippen LogP contribution < -0.4 is 0 Å². The Labute approximate surface area is 97.7 Å². The molecular formula is C10H9Cl2N3. The van der Waals surface area contributed by atoms with Crippen molar-refractivity contribution in [1.29, 1.82) is 0 Å². The second kappa shape index (κ2) is 4.64. The van der Waals surface area contributed by atoms with Gasteiger partial charge in [-0.1, -0.05) is 17.7 Å². The van der Waals surface area contributed by atoms with E-state index in [2.05, 4.69) is 10.1 Å². The molecule has 2 aromatic heterocycles. The summed E-state index contributed by atoms with van der Waals surface area (Å²) >= 11 is 11.4. The third-order valence-electron chi connectivity index (χ3n) is 1.97. The van der Waals surface area contributed by atoms with Crippen LogP contribution in [-0.2, 0) is 12.4 Å². The summed E-state index contributed by atoms with van der Waals surface area (Å²) in [5.41, 5.74) is 2.07. The van der Waals surface area contributed by atoms with Gasteiger partial charge in [-0.2, -0.15) is 5.10 Å². The molecule has 15 heavy (non-hydrogen) atoms. The van der Waals surface area contributed by atoms with E-state index in [1.165, 1.54) is 0 Å². The van der Waals surface area contributed by atoms with Crippen LogP contribution in [0.3, 0.4) is 0 Å². The van der Waals surface area contributed by atoms with E-state index in [1.54, 1.807) is 18.5 Å². The number of aromatic nitrogens is 3. The van der Waals surface area contributed by atoms with Crippen molar-refractivity contribution >= 4 is 23.2 Å². The molecule has 0 radical (unpaired) electrons. The van der Waals surface area contributed by atoms with E-state index in [-0.39, 0.29) is 0 Å². The molecule has 0 spiro atoms. The molecule has 0 aromatic carbocycles. The summed E-state index contributed by atoms with van der Waals surface area (Å²) in [4.78, 5) is 4.00. The van der Waals surface area contributed by atoms with E-state index < -0.39 is 0 Å². The Kier molecular flexibility index (Phi) is 3.23. The molecule has 0 amide bonds. The van der Waals surface area contributed by atoms with Crippen molar-refractivity contribution in [2.75, 3.05) is 0 Å². The molecule has 0 bridgehead atoms. The zero-order chi connectivity index (χ0) is 10.7. The van der Waals surface area contributed by atoms with Gasteiger partial charge in [0, 0.05) is 18.0 Å². The van der Waals surface area contributed by atoms with Crippen molar-refractivity contribution in [3.05, 3.63) is 47.0 Å².